The molecule has 1 aliphatic carbocycles. The van der Waals surface area contributed by atoms with Crippen molar-refractivity contribution in [1.29, 1.82) is 0 Å². The van der Waals surface area contributed by atoms with Crippen molar-refractivity contribution in [3.8, 4) is 0 Å². The minimum absolute atomic E-state index is 0.110. The van der Waals surface area contributed by atoms with Gasteiger partial charge in [0.15, 0.2) is 9.84 Å². The summed E-state index contributed by atoms with van der Waals surface area (Å²) in [7, 11) is -3.40. The number of hydrogen-bond acceptors (Lipinski definition) is 7. The summed E-state index contributed by atoms with van der Waals surface area (Å²) in [6, 6.07) is 12.3. The van der Waals surface area contributed by atoms with Crippen LogP contribution in [0.15, 0.2) is 36.4 Å². The van der Waals surface area contributed by atoms with Gasteiger partial charge in [-0.2, -0.15) is 0 Å². The highest BCUT2D eigenvalue weighted by atomic mass is 35.5. The highest BCUT2D eigenvalue weighted by molar-refractivity contribution is 7.93. The standard InChI is InChI=1S/C24H31ClN4O3S/c1-18-17-32-14-13-29(18)22-15-21(26-23(25)27-22)24(33(30,31)20-7-8-20)9-11-28(12-10-24)16-19-5-3-2-4-6-19/h2-6,15,18,20H,7-14,16-17H2,1H3. The fourth-order valence-corrected chi connectivity index (χ4v) is 7.87. The Labute approximate surface area is 201 Å². The first-order chi connectivity index (χ1) is 15.9. The molecule has 0 bridgehead atoms. The number of piperidine rings is 1. The number of ether oxygens (including phenoxy) is 1. The lowest BCUT2D eigenvalue weighted by molar-refractivity contribution is 0.0985. The van der Waals surface area contributed by atoms with Crippen molar-refractivity contribution in [2.75, 3.05) is 37.7 Å². The van der Waals surface area contributed by atoms with E-state index in [-0.39, 0.29) is 16.6 Å². The predicted octanol–water partition coefficient (Wildman–Crippen LogP) is 3.42. The van der Waals surface area contributed by atoms with Crippen LogP contribution in [0.1, 0.15) is 43.9 Å². The molecule has 1 saturated carbocycles. The van der Waals surface area contributed by atoms with E-state index in [2.05, 4.69) is 38.8 Å². The van der Waals surface area contributed by atoms with E-state index in [0.29, 0.717) is 57.2 Å². The van der Waals surface area contributed by atoms with E-state index >= 15 is 0 Å². The average Bonchev–Trinajstić information content (AvgIpc) is 3.66. The molecule has 7 nitrogen and oxygen atoms in total. The smallest absolute Gasteiger partial charge is 0.224 e. The van der Waals surface area contributed by atoms with E-state index in [0.717, 1.165) is 19.4 Å². The highest BCUT2D eigenvalue weighted by Gasteiger charge is 2.55. The quantitative estimate of drug-likeness (QED) is 0.574. The van der Waals surface area contributed by atoms with Gasteiger partial charge in [-0.15, -0.1) is 0 Å². The first-order valence-electron chi connectivity index (χ1n) is 11.8. The molecule has 3 aliphatic rings. The van der Waals surface area contributed by atoms with Crippen LogP contribution in [0.3, 0.4) is 0 Å². The third kappa shape index (κ3) is 4.50. The Bertz CT molecular complexity index is 1090. The molecule has 2 aliphatic heterocycles. The van der Waals surface area contributed by atoms with E-state index in [9.17, 15) is 8.42 Å². The van der Waals surface area contributed by atoms with E-state index in [1.165, 1.54) is 5.56 Å². The highest BCUT2D eigenvalue weighted by Crippen LogP contribution is 2.48. The van der Waals surface area contributed by atoms with Crippen molar-refractivity contribution < 1.29 is 13.2 Å². The zero-order chi connectivity index (χ0) is 23.1. The molecule has 3 heterocycles. The molecular weight excluding hydrogens is 460 g/mol. The second-order valence-corrected chi connectivity index (χ2v) is 12.4. The number of halogens is 1. The summed E-state index contributed by atoms with van der Waals surface area (Å²) in [5.74, 6) is 0.692. The maximum absolute atomic E-state index is 13.8. The number of likely N-dealkylation sites (tertiary alicyclic amines) is 1. The third-order valence-electron chi connectivity index (χ3n) is 7.23. The van der Waals surface area contributed by atoms with Crippen molar-refractivity contribution in [3.63, 3.8) is 0 Å². The van der Waals surface area contributed by atoms with Gasteiger partial charge in [0.25, 0.3) is 0 Å². The number of anilines is 1. The molecule has 1 unspecified atom stereocenters. The van der Waals surface area contributed by atoms with Crippen LogP contribution < -0.4 is 4.90 Å². The van der Waals surface area contributed by atoms with Gasteiger partial charge < -0.3 is 9.64 Å². The van der Waals surface area contributed by atoms with Gasteiger partial charge in [-0.25, -0.2) is 18.4 Å². The lowest BCUT2D eigenvalue weighted by atomic mass is 9.91. The summed E-state index contributed by atoms with van der Waals surface area (Å²) in [6.07, 6.45) is 2.52. The summed E-state index contributed by atoms with van der Waals surface area (Å²) in [5.41, 5.74) is 1.80. The van der Waals surface area contributed by atoms with Crippen molar-refractivity contribution in [3.05, 3.63) is 52.9 Å². The Balaban J connectivity index is 1.47. The normalized spacial score (nSPS) is 24.1. The Hall–Kier alpha value is -1.74. The molecule has 1 aromatic heterocycles. The second-order valence-electron chi connectivity index (χ2n) is 9.50. The molecular formula is C24H31ClN4O3S. The van der Waals surface area contributed by atoms with Crippen LogP contribution in [-0.4, -0.2) is 67.4 Å². The summed E-state index contributed by atoms with van der Waals surface area (Å²) >= 11 is 6.39. The molecule has 1 atom stereocenters. The molecule has 2 aromatic rings. The lowest BCUT2D eigenvalue weighted by Crippen LogP contribution is -2.49. The SMILES string of the molecule is CC1COCCN1c1cc(C2(S(=O)(=O)C3CC3)CCN(Cc3ccccc3)CC2)nc(Cl)n1. The first-order valence-corrected chi connectivity index (χ1v) is 13.7. The number of morpholine rings is 1. The molecule has 1 aromatic carbocycles. The van der Waals surface area contributed by atoms with E-state index in [1.807, 2.05) is 24.3 Å². The molecule has 5 rings (SSSR count). The van der Waals surface area contributed by atoms with Crippen LogP contribution >= 0.6 is 11.6 Å². The maximum atomic E-state index is 13.8. The number of benzene rings is 1. The third-order valence-corrected chi connectivity index (χ3v) is 10.5. The number of aromatic nitrogens is 2. The monoisotopic (exact) mass is 490 g/mol. The molecule has 0 amide bonds. The van der Waals surface area contributed by atoms with Crippen LogP contribution in [0.4, 0.5) is 5.82 Å². The fourth-order valence-electron chi connectivity index (χ4n) is 5.15. The summed E-state index contributed by atoms with van der Waals surface area (Å²) in [5, 5.41) is -0.157. The van der Waals surface area contributed by atoms with Crippen molar-refractivity contribution >= 4 is 27.3 Å². The maximum Gasteiger partial charge on any atom is 0.224 e. The van der Waals surface area contributed by atoms with Crippen LogP contribution in [0.25, 0.3) is 0 Å². The largest absolute Gasteiger partial charge is 0.377 e. The fraction of sp³-hybridized carbons (Fsp3) is 0.583. The first kappa shape index (κ1) is 23.0. The Morgan fingerprint density at radius 3 is 2.52 bits per heavy atom. The molecule has 2 saturated heterocycles. The van der Waals surface area contributed by atoms with Crippen LogP contribution in [0.5, 0.6) is 0 Å². The minimum atomic E-state index is -3.40. The lowest BCUT2D eigenvalue weighted by Gasteiger charge is -2.41. The van der Waals surface area contributed by atoms with Gasteiger partial charge in [0.05, 0.1) is 30.2 Å². The molecule has 0 N–H and O–H groups in total. The van der Waals surface area contributed by atoms with Crippen LogP contribution in [-0.2, 0) is 25.9 Å². The van der Waals surface area contributed by atoms with Crippen molar-refractivity contribution in [1.82, 2.24) is 14.9 Å². The number of hydrogen-bond donors (Lipinski definition) is 0. The average molecular weight is 491 g/mol. The summed E-state index contributed by atoms with van der Waals surface area (Å²) in [6.45, 7) is 6.21. The zero-order valence-electron chi connectivity index (χ0n) is 19.0. The number of sulfone groups is 1. The Morgan fingerprint density at radius 2 is 1.85 bits per heavy atom. The van der Waals surface area contributed by atoms with E-state index in [4.69, 9.17) is 16.3 Å². The summed E-state index contributed by atoms with van der Waals surface area (Å²) < 4.78 is 32.2. The van der Waals surface area contributed by atoms with Gasteiger partial charge in [-0.3, -0.25) is 4.90 Å². The van der Waals surface area contributed by atoms with Crippen LogP contribution in [0, 0.1) is 0 Å². The van der Waals surface area contributed by atoms with E-state index in [1.54, 1.807) is 0 Å². The molecule has 3 fully saturated rings. The minimum Gasteiger partial charge on any atom is -0.377 e. The van der Waals surface area contributed by atoms with Crippen LogP contribution in [0.2, 0.25) is 5.28 Å². The molecule has 0 radical (unpaired) electrons. The zero-order valence-corrected chi connectivity index (χ0v) is 20.6. The van der Waals surface area contributed by atoms with Gasteiger partial charge in [-0.1, -0.05) is 30.3 Å². The van der Waals surface area contributed by atoms with Gasteiger partial charge in [0.1, 0.15) is 10.6 Å². The predicted molar refractivity (Wildman–Crippen MR) is 129 cm³/mol. The Kier molecular flexibility index (Phi) is 6.37. The van der Waals surface area contributed by atoms with Gasteiger partial charge >= 0.3 is 0 Å². The van der Waals surface area contributed by atoms with Gasteiger partial charge in [0, 0.05) is 32.2 Å². The van der Waals surface area contributed by atoms with Crippen molar-refractivity contribution in [2.24, 2.45) is 0 Å². The Morgan fingerprint density at radius 1 is 1.12 bits per heavy atom. The molecule has 178 valence electrons. The summed E-state index contributed by atoms with van der Waals surface area (Å²) in [4.78, 5) is 13.5. The number of nitrogens with zero attached hydrogens (tertiary/aromatic N) is 4. The number of rotatable bonds is 6. The van der Waals surface area contributed by atoms with Gasteiger partial charge in [-0.05, 0) is 49.8 Å². The molecule has 33 heavy (non-hydrogen) atoms. The molecule has 0 spiro atoms. The molecule has 9 heteroatoms. The van der Waals surface area contributed by atoms with E-state index < -0.39 is 14.6 Å². The topological polar surface area (TPSA) is 75.6 Å². The van der Waals surface area contributed by atoms with Crippen molar-refractivity contribution in [2.45, 2.75) is 55.2 Å². The van der Waals surface area contributed by atoms with Gasteiger partial charge in [0.2, 0.25) is 5.28 Å². The second kappa shape index (κ2) is 9.13.